The SMILES string of the molecule is CCOc1ccc(N(CC(=O)N(Cc2ccc(C)cc2)[C@@H](CC)C(=O)NC2CCCCC2)S(=O)(=O)c2ccc(OC)c(OC)c2)cc1. The van der Waals surface area contributed by atoms with Gasteiger partial charge in [-0.1, -0.05) is 56.0 Å². The fraction of sp³-hybridized carbons (Fsp3) is 0.444. The van der Waals surface area contributed by atoms with Gasteiger partial charge in [-0.3, -0.25) is 13.9 Å². The molecule has 3 aromatic rings. The lowest BCUT2D eigenvalue weighted by atomic mass is 9.95. The number of nitrogens with zero attached hydrogens (tertiary/aromatic N) is 2. The predicted octanol–water partition coefficient (Wildman–Crippen LogP) is 5.86. The minimum absolute atomic E-state index is 0.0624. The van der Waals surface area contributed by atoms with Crippen LogP contribution in [0.3, 0.4) is 0 Å². The van der Waals surface area contributed by atoms with Crippen LogP contribution in [0.2, 0.25) is 0 Å². The molecular weight excluding hydrogens is 618 g/mol. The quantitative estimate of drug-likeness (QED) is 0.216. The number of benzene rings is 3. The summed E-state index contributed by atoms with van der Waals surface area (Å²) in [6.07, 6.45) is 5.43. The average molecular weight is 666 g/mol. The van der Waals surface area contributed by atoms with Crippen LogP contribution in [0.1, 0.15) is 63.5 Å². The molecule has 0 spiro atoms. The van der Waals surface area contributed by atoms with E-state index in [0.29, 0.717) is 24.5 Å². The third kappa shape index (κ3) is 8.97. The molecule has 1 saturated carbocycles. The molecule has 47 heavy (non-hydrogen) atoms. The average Bonchev–Trinajstić information content (AvgIpc) is 3.08. The zero-order valence-electron chi connectivity index (χ0n) is 28.0. The number of aryl methyl sites for hydroxylation is 1. The first-order chi connectivity index (χ1) is 22.6. The van der Waals surface area contributed by atoms with E-state index in [4.69, 9.17) is 14.2 Å². The molecule has 3 aromatic carbocycles. The molecule has 2 amide bonds. The summed E-state index contributed by atoms with van der Waals surface area (Å²) >= 11 is 0. The zero-order valence-corrected chi connectivity index (χ0v) is 28.8. The summed E-state index contributed by atoms with van der Waals surface area (Å²) in [7, 11) is -1.42. The number of ether oxygens (including phenoxy) is 3. The summed E-state index contributed by atoms with van der Waals surface area (Å²) < 4.78 is 46.0. The van der Waals surface area contributed by atoms with Crippen molar-refractivity contribution in [3.63, 3.8) is 0 Å². The van der Waals surface area contributed by atoms with Crippen LogP contribution in [-0.4, -0.2) is 64.6 Å². The first kappa shape index (κ1) is 35.6. The lowest BCUT2D eigenvalue weighted by molar-refractivity contribution is -0.140. The van der Waals surface area contributed by atoms with Gasteiger partial charge < -0.3 is 24.4 Å². The minimum atomic E-state index is -4.31. The predicted molar refractivity (Wildman–Crippen MR) is 183 cm³/mol. The zero-order chi connectivity index (χ0) is 34.0. The molecule has 0 bridgehead atoms. The smallest absolute Gasteiger partial charge is 0.264 e. The molecule has 0 saturated heterocycles. The molecular formula is C36H47N3O7S. The molecule has 1 fully saturated rings. The second-order valence-electron chi connectivity index (χ2n) is 11.7. The molecule has 10 nitrogen and oxygen atoms in total. The van der Waals surface area contributed by atoms with Crippen LogP contribution in [0, 0.1) is 6.92 Å². The van der Waals surface area contributed by atoms with E-state index in [1.54, 1.807) is 24.3 Å². The highest BCUT2D eigenvalue weighted by atomic mass is 32.2. The molecule has 1 aliphatic rings. The number of carbonyl (C=O) groups excluding carboxylic acids is 2. The van der Waals surface area contributed by atoms with Crippen molar-refractivity contribution < 1.29 is 32.2 Å². The van der Waals surface area contributed by atoms with Gasteiger partial charge in [0.25, 0.3) is 10.0 Å². The Balaban J connectivity index is 1.74. The van der Waals surface area contributed by atoms with Crippen molar-refractivity contribution in [1.29, 1.82) is 0 Å². The van der Waals surface area contributed by atoms with Crippen molar-refractivity contribution in [2.45, 2.75) is 82.8 Å². The Bertz CT molecular complexity index is 1590. The van der Waals surface area contributed by atoms with Crippen molar-refractivity contribution in [2.24, 2.45) is 0 Å². The maximum atomic E-state index is 14.4. The molecule has 1 atom stereocenters. The highest BCUT2D eigenvalue weighted by molar-refractivity contribution is 7.92. The first-order valence-corrected chi connectivity index (χ1v) is 17.7. The van der Waals surface area contributed by atoms with Crippen LogP contribution in [0.5, 0.6) is 17.2 Å². The Morgan fingerprint density at radius 1 is 0.894 bits per heavy atom. The summed E-state index contributed by atoms with van der Waals surface area (Å²) in [4.78, 5) is 29.6. The number of anilines is 1. The van der Waals surface area contributed by atoms with Gasteiger partial charge in [0.15, 0.2) is 11.5 Å². The van der Waals surface area contributed by atoms with Crippen LogP contribution < -0.4 is 23.8 Å². The second-order valence-corrected chi connectivity index (χ2v) is 13.6. The van der Waals surface area contributed by atoms with Crippen molar-refractivity contribution in [2.75, 3.05) is 31.7 Å². The van der Waals surface area contributed by atoms with Gasteiger partial charge in [-0.05, 0) is 75.1 Å². The van der Waals surface area contributed by atoms with Crippen LogP contribution in [0.25, 0.3) is 0 Å². The Morgan fingerprint density at radius 3 is 2.15 bits per heavy atom. The lowest BCUT2D eigenvalue weighted by Gasteiger charge is -2.34. The third-order valence-corrected chi connectivity index (χ3v) is 10.2. The Kier molecular flexibility index (Phi) is 12.5. The highest BCUT2D eigenvalue weighted by Crippen LogP contribution is 2.33. The summed E-state index contributed by atoms with van der Waals surface area (Å²) in [5, 5.41) is 3.18. The van der Waals surface area contributed by atoms with Crippen molar-refractivity contribution >= 4 is 27.5 Å². The molecule has 11 heteroatoms. The maximum Gasteiger partial charge on any atom is 0.264 e. The van der Waals surface area contributed by atoms with Gasteiger partial charge in [0, 0.05) is 18.7 Å². The van der Waals surface area contributed by atoms with Gasteiger partial charge in [0.05, 0.1) is 31.4 Å². The molecule has 0 unspecified atom stereocenters. The van der Waals surface area contributed by atoms with Crippen LogP contribution in [-0.2, 0) is 26.2 Å². The van der Waals surface area contributed by atoms with Crippen LogP contribution in [0.4, 0.5) is 5.69 Å². The van der Waals surface area contributed by atoms with E-state index in [0.717, 1.165) is 47.5 Å². The Labute approximate surface area is 279 Å². The highest BCUT2D eigenvalue weighted by Gasteiger charge is 2.35. The van der Waals surface area contributed by atoms with Gasteiger partial charge in [0.1, 0.15) is 18.3 Å². The first-order valence-electron chi connectivity index (χ1n) is 16.2. The molecule has 0 heterocycles. The number of carbonyl (C=O) groups is 2. The minimum Gasteiger partial charge on any atom is -0.494 e. The number of nitrogens with one attached hydrogen (secondary N) is 1. The lowest BCUT2D eigenvalue weighted by Crippen LogP contribution is -2.54. The molecule has 4 rings (SSSR count). The number of sulfonamides is 1. The van der Waals surface area contributed by atoms with E-state index < -0.39 is 28.5 Å². The van der Waals surface area contributed by atoms with Gasteiger partial charge >= 0.3 is 0 Å². The molecule has 0 aromatic heterocycles. The van der Waals surface area contributed by atoms with E-state index in [2.05, 4.69) is 5.32 Å². The molecule has 0 aliphatic heterocycles. The van der Waals surface area contributed by atoms with Crippen molar-refractivity contribution in [1.82, 2.24) is 10.2 Å². The Hall–Kier alpha value is -4.25. The molecule has 1 N–H and O–H groups in total. The van der Waals surface area contributed by atoms with E-state index >= 15 is 0 Å². The van der Waals surface area contributed by atoms with Gasteiger partial charge in [-0.2, -0.15) is 0 Å². The number of hydrogen-bond acceptors (Lipinski definition) is 7. The summed E-state index contributed by atoms with van der Waals surface area (Å²) in [6, 6.07) is 17.9. The Morgan fingerprint density at radius 2 is 1.55 bits per heavy atom. The van der Waals surface area contributed by atoms with Gasteiger partial charge in [0.2, 0.25) is 11.8 Å². The summed E-state index contributed by atoms with van der Waals surface area (Å²) in [5.74, 6) is 0.439. The largest absolute Gasteiger partial charge is 0.494 e. The topological polar surface area (TPSA) is 114 Å². The summed E-state index contributed by atoms with van der Waals surface area (Å²) in [5.41, 5.74) is 2.17. The number of methoxy groups -OCH3 is 2. The second kappa shape index (κ2) is 16.5. The number of hydrogen-bond donors (Lipinski definition) is 1. The number of rotatable bonds is 15. The monoisotopic (exact) mass is 665 g/mol. The number of amides is 2. The van der Waals surface area contributed by atoms with Gasteiger partial charge in [-0.15, -0.1) is 0 Å². The van der Waals surface area contributed by atoms with E-state index in [9.17, 15) is 18.0 Å². The van der Waals surface area contributed by atoms with Crippen LogP contribution >= 0.6 is 0 Å². The van der Waals surface area contributed by atoms with Gasteiger partial charge in [-0.25, -0.2) is 8.42 Å². The summed E-state index contributed by atoms with van der Waals surface area (Å²) in [6.45, 7) is 5.75. The molecule has 1 aliphatic carbocycles. The van der Waals surface area contributed by atoms with E-state index in [-0.39, 0.29) is 34.8 Å². The van der Waals surface area contributed by atoms with E-state index in [1.165, 1.54) is 37.3 Å². The van der Waals surface area contributed by atoms with Crippen molar-refractivity contribution in [3.8, 4) is 17.2 Å². The normalized spacial score (nSPS) is 14.1. The third-order valence-electron chi connectivity index (χ3n) is 8.47. The molecule has 0 radical (unpaired) electrons. The molecule has 254 valence electrons. The fourth-order valence-corrected chi connectivity index (χ4v) is 7.29. The van der Waals surface area contributed by atoms with Crippen molar-refractivity contribution in [3.05, 3.63) is 77.9 Å². The van der Waals surface area contributed by atoms with Crippen LogP contribution in [0.15, 0.2) is 71.6 Å². The maximum absolute atomic E-state index is 14.4. The van der Waals surface area contributed by atoms with E-state index in [1.807, 2.05) is 45.0 Å². The fourth-order valence-electron chi connectivity index (χ4n) is 5.86. The standard InChI is InChI=1S/C36H47N3O7S/c1-6-32(36(41)37-28-11-9-8-10-12-28)38(24-27-15-13-26(3)14-16-27)35(40)25-39(29-17-19-30(20-18-29)46-7-2)47(42,43)31-21-22-33(44-4)34(23-31)45-5/h13-23,28,32H,6-12,24-25H2,1-5H3,(H,37,41)/t32-/m0/s1.